The first-order valence-electron chi connectivity index (χ1n) is 5.18. The Hall–Kier alpha value is -2.51. The number of rotatable bonds is 7. The van der Waals surface area contributed by atoms with Gasteiger partial charge in [0.1, 0.15) is 22.1 Å². The number of Topliss-reactive ketones (excluding diaryl/α,β-unsaturated/α-hetero) is 1. The lowest BCUT2D eigenvalue weighted by Crippen LogP contribution is -2.50. The van der Waals surface area contributed by atoms with Gasteiger partial charge in [-0.05, 0) is 21.5 Å². The van der Waals surface area contributed by atoms with Crippen LogP contribution in [0, 0.1) is 30.3 Å². The standard InChI is InChI=1S/C7H7BrN6O7/c1-4(15)2-3-7(13(18)19,14(20)21)11-5(8)9-6(10-11)12(16)17/h2-3H2,1H3. The number of nitro groups is 3. The van der Waals surface area contributed by atoms with Crippen LogP contribution in [-0.2, 0) is 10.6 Å². The number of halogens is 1. The molecule has 0 aromatic carbocycles. The Bertz CT molecular complexity index is 613. The third kappa shape index (κ3) is 2.99. The van der Waals surface area contributed by atoms with Crippen LogP contribution in [0.5, 0.6) is 0 Å². The second-order valence-electron chi connectivity index (χ2n) is 3.84. The molecule has 0 aliphatic carbocycles. The van der Waals surface area contributed by atoms with E-state index < -0.39 is 49.9 Å². The summed E-state index contributed by atoms with van der Waals surface area (Å²) in [6.45, 7) is 1.10. The normalized spacial score (nSPS) is 11.1. The molecular formula is C7H7BrN6O7. The molecule has 21 heavy (non-hydrogen) atoms. The zero-order valence-electron chi connectivity index (χ0n) is 10.3. The number of carbonyl (C=O) groups is 1. The summed E-state index contributed by atoms with van der Waals surface area (Å²) in [4.78, 5) is 43.5. The van der Waals surface area contributed by atoms with E-state index in [1.807, 2.05) is 0 Å². The van der Waals surface area contributed by atoms with Crippen molar-refractivity contribution >= 4 is 27.7 Å². The fraction of sp³-hybridized carbons (Fsp3) is 0.571. The quantitative estimate of drug-likeness (QED) is 0.376. The largest absolute Gasteiger partial charge is 0.576 e. The summed E-state index contributed by atoms with van der Waals surface area (Å²) in [5.74, 6) is -4.63. The fourth-order valence-corrected chi connectivity index (χ4v) is 1.96. The molecule has 1 aromatic rings. The van der Waals surface area contributed by atoms with E-state index in [1.54, 1.807) is 0 Å². The first-order valence-corrected chi connectivity index (χ1v) is 5.98. The molecule has 1 rings (SSSR count). The molecular weight excluding hydrogens is 360 g/mol. The van der Waals surface area contributed by atoms with Crippen molar-refractivity contribution in [2.45, 2.75) is 25.6 Å². The average molecular weight is 367 g/mol. The summed E-state index contributed by atoms with van der Waals surface area (Å²) >= 11 is 2.66. The Morgan fingerprint density at radius 3 is 2.14 bits per heavy atom. The summed E-state index contributed by atoms with van der Waals surface area (Å²) in [6.07, 6.45) is -1.32. The lowest BCUT2D eigenvalue weighted by molar-refractivity contribution is -0.836. The van der Waals surface area contributed by atoms with E-state index in [0.717, 1.165) is 6.92 Å². The fourth-order valence-electron chi connectivity index (χ4n) is 1.44. The van der Waals surface area contributed by atoms with Crippen LogP contribution in [0.3, 0.4) is 0 Å². The molecule has 114 valence electrons. The minimum absolute atomic E-state index is 0.175. The highest BCUT2D eigenvalue weighted by Crippen LogP contribution is 2.29. The minimum Gasteiger partial charge on any atom is -0.390 e. The van der Waals surface area contributed by atoms with Crippen LogP contribution in [0.25, 0.3) is 0 Å². The van der Waals surface area contributed by atoms with Gasteiger partial charge in [0.05, 0.1) is 0 Å². The topological polar surface area (TPSA) is 177 Å². The molecule has 0 saturated heterocycles. The van der Waals surface area contributed by atoms with Crippen LogP contribution >= 0.6 is 15.9 Å². The maximum absolute atomic E-state index is 11.2. The number of carbonyl (C=O) groups excluding carboxylic acids is 1. The van der Waals surface area contributed by atoms with Crippen molar-refractivity contribution in [3.8, 4) is 0 Å². The molecule has 0 unspecified atom stereocenters. The molecule has 14 heteroatoms. The summed E-state index contributed by atoms with van der Waals surface area (Å²) in [6, 6.07) is 0. The Morgan fingerprint density at radius 2 is 1.81 bits per heavy atom. The lowest BCUT2D eigenvalue weighted by Gasteiger charge is -2.14. The van der Waals surface area contributed by atoms with Gasteiger partial charge in [0, 0.05) is 27.4 Å². The SMILES string of the molecule is CC(=O)CCC(n1nc([N+](=O)[O-])nc1Br)([N+](=O)[O-])[N+](=O)[O-]. The zero-order valence-corrected chi connectivity index (χ0v) is 11.9. The first-order chi connectivity index (χ1) is 9.62. The van der Waals surface area contributed by atoms with E-state index in [2.05, 4.69) is 26.0 Å². The van der Waals surface area contributed by atoms with Gasteiger partial charge in [0.2, 0.25) is 0 Å². The molecule has 0 N–H and O–H groups in total. The van der Waals surface area contributed by atoms with E-state index in [4.69, 9.17) is 0 Å². The van der Waals surface area contributed by atoms with Gasteiger partial charge in [-0.25, -0.2) is 0 Å². The molecule has 0 radical (unpaired) electrons. The van der Waals surface area contributed by atoms with Gasteiger partial charge in [-0.3, -0.25) is 20.2 Å². The number of aromatic nitrogens is 3. The van der Waals surface area contributed by atoms with Gasteiger partial charge >= 0.3 is 11.7 Å². The Kier molecular flexibility index (Phi) is 4.62. The van der Waals surface area contributed by atoms with Crippen LogP contribution in [0.4, 0.5) is 5.95 Å². The molecule has 0 amide bonds. The van der Waals surface area contributed by atoms with Crippen molar-refractivity contribution < 1.29 is 19.6 Å². The van der Waals surface area contributed by atoms with E-state index in [9.17, 15) is 35.1 Å². The van der Waals surface area contributed by atoms with E-state index in [1.165, 1.54) is 0 Å². The molecule has 0 aliphatic heterocycles. The van der Waals surface area contributed by atoms with E-state index >= 15 is 0 Å². The lowest BCUT2D eigenvalue weighted by atomic mass is 10.1. The second-order valence-corrected chi connectivity index (χ2v) is 4.55. The van der Waals surface area contributed by atoms with Crippen LogP contribution in [0.1, 0.15) is 19.8 Å². The maximum Gasteiger partial charge on any atom is 0.576 e. The summed E-state index contributed by atoms with van der Waals surface area (Å²) in [5.41, 5.74) is 0. The maximum atomic E-state index is 11.2. The van der Waals surface area contributed by atoms with Crippen LogP contribution in [0.15, 0.2) is 4.73 Å². The highest BCUT2D eigenvalue weighted by molar-refractivity contribution is 9.10. The number of ketones is 1. The molecule has 13 nitrogen and oxygen atoms in total. The van der Waals surface area contributed by atoms with Crippen molar-refractivity contribution in [3.63, 3.8) is 0 Å². The van der Waals surface area contributed by atoms with E-state index in [-0.39, 0.29) is 4.68 Å². The minimum atomic E-state index is -3.06. The molecule has 0 bridgehead atoms. The third-order valence-electron chi connectivity index (χ3n) is 2.46. The first kappa shape index (κ1) is 16.5. The predicted molar refractivity (Wildman–Crippen MR) is 66.3 cm³/mol. The van der Waals surface area contributed by atoms with Crippen LogP contribution in [-0.4, -0.2) is 35.3 Å². The van der Waals surface area contributed by atoms with Gasteiger partial charge in [-0.2, -0.15) is 0 Å². The van der Waals surface area contributed by atoms with Crippen molar-refractivity contribution in [3.05, 3.63) is 35.1 Å². The monoisotopic (exact) mass is 366 g/mol. The van der Waals surface area contributed by atoms with Crippen molar-refractivity contribution in [2.24, 2.45) is 0 Å². The average Bonchev–Trinajstić information content (AvgIpc) is 2.72. The number of hydrogen-bond donors (Lipinski definition) is 0. The van der Waals surface area contributed by atoms with Gasteiger partial charge in [-0.15, -0.1) is 0 Å². The smallest absolute Gasteiger partial charge is 0.390 e. The van der Waals surface area contributed by atoms with Crippen molar-refractivity contribution in [1.29, 1.82) is 0 Å². The highest BCUT2D eigenvalue weighted by Gasteiger charge is 2.63. The van der Waals surface area contributed by atoms with Gasteiger partial charge in [0.15, 0.2) is 0 Å². The second kappa shape index (κ2) is 5.86. The summed E-state index contributed by atoms with van der Waals surface area (Å²) < 4.78 is -0.389. The zero-order chi connectivity index (χ0) is 16.4. The predicted octanol–water partition coefficient (Wildman–Crippen LogP) is 0.482. The molecule has 0 fully saturated rings. The third-order valence-corrected chi connectivity index (χ3v) is 2.97. The summed E-state index contributed by atoms with van der Waals surface area (Å²) in [7, 11) is 0. The van der Waals surface area contributed by atoms with Crippen LogP contribution in [0.2, 0.25) is 0 Å². The molecule has 0 spiro atoms. The van der Waals surface area contributed by atoms with Gasteiger partial charge in [0.25, 0.3) is 4.73 Å². The number of nitrogens with zero attached hydrogens (tertiary/aromatic N) is 6. The summed E-state index contributed by atoms with van der Waals surface area (Å²) in [5, 5.41) is 36.1. The Balaban J connectivity index is 3.48. The number of hydrogen-bond acceptors (Lipinski definition) is 9. The van der Waals surface area contributed by atoms with Crippen LogP contribution < -0.4 is 0 Å². The Morgan fingerprint density at radius 1 is 1.29 bits per heavy atom. The van der Waals surface area contributed by atoms with Crippen molar-refractivity contribution in [1.82, 2.24) is 14.8 Å². The highest BCUT2D eigenvalue weighted by atomic mass is 79.9. The molecule has 0 saturated carbocycles. The van der Waals surface area contributed by atoms with E-state index in [0.29, 0.717) is 0 Å². The van der Waals surface area contributed by atoms with Gasteiger partial charge < -0.3 is 14.9 Å². The molecule has 1 aromatic heterocycles. The molecule has 1 heterocycles. The van der Waals surface area contributed by atoms with Gasteiger partial charge in [-0.1, -0.05) is 0 Å². The Labute approximate surface area is 123 Å². The van der Waals surface area contributed by atoms with Crippen molar-refractivity contribution in [2.75, 3.05) is 0 Å². The molecule has 0 aliphatic rings. The molecule has 0 atom stereocenters.